The van der Waals surface area contributed by atoms with E-state index in [9.17, 15) is 27.9 Å². The van der Waals surface area contributed by atoms with Crippen LogP contribution < -0.4 is 10.6 Å². The SMILES string of the molecule is CNC(C)(C)C.CO.Cc1ccc(-c2cc(C(=O)NC34CCC(C(=O)O)(CC3)CC4)c(C)n2CC2CCCCC2)cc1C(F)(F)F. The minimum atomic E-state index is -4.46. The number of carboxylic acid groups (broad SMARTS) is 1. The normalized spacial score (nSPS) is 23.1. The molecule has 0 aliphatic heterocycles. The number of aliphatic hydroxyl groups excluding tert-OH is 1. The molecule has 1 aromatic carbocycles. The number of carbonyl (C=O) groups is 2. The average Bonchev–Trinajstić information content (AvgIpc) is 3.34. The zero-order chi connectivity index (χ0) is 34.5. The molecule has 0 atom stereocenters. The van der Waals surface area contributed by atoms with Crippen molar-refractivity contribution < 1.29 is 33.0 Å². The average molecular weight is 650 g/mol. The van der Waals surface area contributed by atoms with Crippen molar-refractivity contribution in [3.05, 3.63) is 46.6 Å². The number of aromatic nitrogens is 1. The number of aliphatic hydroxyl groups is 1. The zero-order valence-electron chi connectivity index (χ0n) is 28.7. The minimum absolute atomic E-state index is 0.174. The van der Waals surface area contributed by atoms with Gasteiger partial charge >= 0.3 is 12.1 Å². The molecule has 4 N–H and O–H groups in total. The van der Waals surface area contributed by atoms with Crippen molar-refractivity contribution in [1.29, 1.82) is 0 Å². The van der Waals surface area contributed by atoms with Gasteiger partial charge < -0.3 is 25.4 Å². The van der Waals surface area contributed by atoms with Crippen LogP contribution in [-0.2, 0) is 17.5 Å². The van der Waals surface area contributed by atoms with Crippen LogP contribution in [0, 0.1) is 25.2 Å². The van der Waals surface area contributed by atoms with Crippen LogP contribution in [0.3, 0.4) is 0 Å². The van der Waals surface area contributed by atoms with Crippen molar-refractivity contribution in [3.63, 3.8) is 0 Å². The lowest BCUT2D eigenvalue weighted by Crippen LogP contribution is -2.58. The number of aliphatic carboxylic acids is 1. The Hall–Kier alpha value is -2.85. The van der Waals surface area contributed by atoms with Crippen LogP contribution in [0.1, 0.15) is 119 Å². The lowest BCUT2D eigenvalue weighted by atomic mass is 9.57. The second kappa shape index (κ2) is 14.9. The van der Waals surface area contributed by atoms with E-state index in [4.69, 9.17) is 5.11 Å². The Morgan fingerprint density at radius 2 is 1.48 bits per heavy atom. The standard InChI is InChI=1S/C30H37F3N2O3.C5H13N.CH4O/c1-19-8-9-22(16-24(19)30(31,32)33)25-17-23(20(2)35(25)18-21-6-4-3-5-7-21)26(36)34-29-13-10-28(11-14-29,12-15-29)27(37)38;1-5(2,3)6-4;1-2/h8-9,16-17,21H,3-7,10-15,18H2,1-2H3,(H,34,36)(H,37,38);6H,1-4H3;2H,1H3. The number of hydrogen-bond acceptors (Lipinski definition) is 4. The van der Waals surface area contributed by atoms with Gasteiger partial charge in [-0.25, -0.2) is 0 Å². The fourth-order valence-corrected chi connectivity index (χ4v) is 7.07. The number of hydrogen-bond donors (Lipinski definition) is 4. The molecule has 1 heterocycles. The number of fused-ring (bicyclic) bond motifs is 3. The maximum absolute atomic E-state index is 13.7. The first-order valence-corrected chi connectivity index (χ1v) is 16.6. The van der Waals surface area contributed by atoms with Gasteiger partial charge in [0, 0.05) is 36.1 Å². The molecule has 4 saturated carbocycles. The second-order valence-electron chi connectivity index (χ2n) is 14.5. The van der Waals surface area contributed by atoms with E-state index in [1.165, 1.54) is 25.5 Å². The van der Waals surface area contributed by atoms with Crippen LogP contribution >= 0.6 is 0 Å². The van der Waals surface area contributed by atoms with E-state index >= 15 is 0 Å². The van der Waals surface area contributed by atoms with Crippen LogP contribution in [-0.4, -0.2) is 51.9 Å². The third kappa shape index (κ3) is 8.73. The molecule has 4 aliphatic rings. The van der Waals surface area contributed by atoms with Gasteiger partial charge in [-0.1, -0.05) is 31.4 Å². The lowest BCUT2D eigenvalue weighted by molar-refractivity contribution is -0.156. The van der Waals surface area contributed by atoms with Gasteiger partial charge in [-0.2, -0.15) is 13.2 Å². The van der Waals surface area contributed by atoms with Crippen LogP contribution in [0.4, 0.5) is 13.2 Å². The van der Waals surface area contributed by atoms with Gasteiger partial charge in [-0.05, 0) is 122 Å². The monoisotopic (exact) mass is 649 g/mol. The van der Waals surface area contributed by atoms with Crippen molar-refractivity contribution in [1.82, 2.24) is 15.2 Å². The highest BCUT2D eigenvalue weighted by Crippen LogP contribution is 2.52. The largest absolute Gasteiger partial charge is 0.481 e. The van der Waals surface area contributed by atoms with Crippen molar-refractivity contribution in [3.8, 4) is 11.3 Å². The number of rotatable bonds is 6. The molecule has 0 unspecified atom stereocenters. The quantitative estimate of drug-likeness (QED) is 0.255. The zero-order valence-corrected chi connectivity index (χ0v) is 28.7. The number of halogens is 3. The highest BCUT2D eigenvalue weighted by molar-refractivity contribution is 5.97. The van der Waals surface area contributed by atoms with E-state index in [0.717, 1.165) is 38.5 Å². The molecule has 4 aliphatic carbocycles. The summed E-state index contributed by atoms with van der Waals surface area (Å²) in [6.07, 6.45) is 4.77. The van der Waals surface area contributed by atoms with Crippen LogP contribution in [0.2, 0.25) is 0 Å². The molecule has 1 amide bonds. The fraction of sp³-hybridized carbons (Fsp3) is 0.667. The third-order valence-corrected chi connectivity index (χ3v) is 10.4. The molecule has 46 heavy (non-hydrogen) atoms. The second-order valence-corrected chi connectivity index (χ2v) is 14.5. The number of carbonyl (C=O) groups excluding carboxylic acids is 1. The summed E-state index contributed by atoms with van der Waals surface area (Å²) in [7, 11) is 2.96. The summed E-state index contributed by atoms with van der Waals surface area (Å²) in [5, 5.41) is 23.0. The number of nitrogens with one attached hydrogen (secondary N) is 2. The van der Waals surface area contributed by atoms with Crippen molar-refractivity contribution >= 4 is 11.9 Å². The fourth-order valence-electron chi connectivity index (χ4n) is 7.07. The Kier molecular flexibility index (Phi) is 12.2. The van der Waals surface area contributed by atoms with Gasteiger partial charge in [0.05, 0.1) is 16.5 Å². The highest BCUT2D eigenvalue weighted by Gasteiger charge is 2.53. The molecule has 258 valence electrons. The van der Waals surface area contributed by atoms with Crippen LogP contribution in [0.25, 0.3) is 11.3 Å². The maximum Gasteiger partial charge on any atom is 0.416 e. The molecule has 0 saturated heterocycles. The van der Waals surface area contributed by atoms with Gasteiger partial charge in [0.15, 0.2) is 0 Å². The number of carboxylic acids is 1. The lowest BCUT2D eigenvalue weighted by Gasteiger charge is -2.51. The molecule has 7 nitrogen and oxygen atoms in total. The van der Waals surface area contributed by atoms with Gasteiger partial charge in [0.2, 0.25) is 0 Å². The van der Waals surface area contributed by atoms with Crippen molar-refractivity contribution in [2.45, 2.75) is 129 Å². The third-order valence-electron chi connectivity index (χ3n) is 10.4. The summed E-state index contributed by atoms with van der Waals surface area (Å²) in [4.78, 5) is 25.5. The molecular weight excluding hydrogens is 595 g/mol. The number of benzene rings is 1. The predicted octanol–water partition coefficient (Wildman–Crippen LogP) is 7.89. The summed E-state index contributed by atoms with van der Waals surface area (Å²) in [6, 6.07) is 6.17. The smallest absolute Gasteiger partial charge is 0.416 e. The van der Waals surface area contributed by atoms with E-state index in [-0.39, 0.29) is 11.5 Å². The van der Waals surface area contributed by atoms with E-state index in [1.54, 1.807) is 12.1 Å². The molecule has 0 radical (unpaired) electrons. The molecule has 2 bridgehead atoms. The van der Waals surface area contributed by atoms with Gasteiger partial charge in [-0.3, -0.25) is 9.59 Å². The Balaban J connectivity index is 0.000000648. The Bertz CT molecular complexity index is 1330. The first kappa shape index (κ1) is 37.6. The van der Waals surface area contributed by atoms with Crippen molar-refractivity contribution in [2.75, 3.05) is 14.2 Å². The van der Waals surface area contributed by atoms with Gasteiger partial charge in [-0.15, -0.1) is 0 Å². The van der Waals surface area contributed by atoms with E-state index < -0.39 is 28.7 Å². The first-order valence-electron chi connectivity index (χ1n) is 16.6. The molecule has 0 spiro atoms. The predicted molar refractivity (Wildman–Crippen MR) is 176 cm³/mol. The Labute approximate surface area is 272 Å². The molecule has 10 heteroatoms. The summed E-state index contributed by atoms with van der Waals surface area (Å²) < 4.78 is 43.3. The van der Waals surface area contributed by atoms with E-state index in [0.29, 0.717) is 73.3 Å². The maximum atomic E-state index is 13.7. The minimum Gasteiger partial charge on any atom is -0.481 e. The summed E-state index contributed by atoms with van der Waals surface area (Å²) in [5.74, 6) is -0.538. The van der Waals surface area contributed by atoms with E-state index in [1.807, 2.05) is 18.5 Å². The molecule has 4 fully saturated rings. The van der Waals surface area contributed by atoms with Crippen LogP contribution in [0.5, 0.6) is 0 Å². The van der Waals surface area contributed by atoms with Crippen molar-refractivity contribution in [2.24, 2.45) is 11.3 Å². The number of nitrogens with zero attached hydrogens (tertiary/aromatic N) is 1. The molecular formula is C36H54F3N3O4. The molecule has 6 rings (SSSR count). The summed E-state index contributed by atoms with van der Waals surface area (Å²) in [6.45, 7) is 10.4. The number of aryl methyl sites for hydroxylation is 1. The molecule has 2 aromatic rings. The van der Waals surface area contributed by atoms with Crippen LogP contribution in [0.15, 0.2) is 24.3 Å². The van der Waals surface area contributed by atoms with Gasteiger partial charge in [0.25, 0.3) is 5.91 Å². The van der Waals surface area contributed by atoms with Gasteiger partial charge in [0.1, 0.15) is 0 Å². The number of amides is 1. The number of alkyl halides is 3. The molecule has 1 aromatic heterocycles. The van der Waals surface area contributed by atoms with E-state index in [2.05, 4.69) is 31.4 Å². The first-order chi connectivity index (χ1) is 21.5. The highest BCUT2D eigenvalue weighted by atomic mass is 19.4. The topological polar surface area (TPSA) is 104 Å². The summed E-state index contributed by atoms with van der Waals surface area (Å²) >= 11 is 0. The Morgan fingerprint density at radius 3 is 1.96 bits per heavy atom. The summed E-state index contributed by atoms with van der Waals surface area (Å²) in [5.41, 5.74) is 1.07. The Morgan fingerprint density at radius 1 is 0.935 bits per heavy atom.